The van der Waals surface area contributed by atoms with Gasteiger partial charge in [0, 0.05) is 11.6 Å². The first-order chi connectivity index (χ1) is 10.4. The van der Waals surface area contributed by atoms with Crippen LogP contribution in [0.25, 0.3) is 12.2 Å². The molecule has 0 unspecified atom stereocenters. The molecule has 0 atom stereocenters. The number of rotatable bonds is 3. The van der Waals surface area contributed by atoms with Gasteiger partial charge in [-0.15, -0.1) is 0 Å². The Morgan fingerprint density at radius 2 is 1.50 bits per heavy atom. The number of hydrogen-bond donors (Lipinski definition) is 0. The molecule has 2 aromatic carbocycles. The van der Waals surface area contributed by atoms with E-state index in [0.29, 0.717) is 5.56 Å². The van der Waals surface area contributed by atoms with Crippen molar-refractivity contribution in [3.63, 3.8) is 0 Å². The Balaban J connectivity index is 0.000000220. The molecule has 0 amide bonds. The fourth-order valence-corrected chi connectivity index (χ4v) is 1.52. The maximum Gasteiger partial charge on any atom is 0.276 e. The maximum absolute atomic E-state index is 12.6. The summed E-state index contributed by atoms with van der Waals surface area (Å²) in [7, 11) is 0. The first-order valence-corrected chi connectivity index (χ1v) is 6.04. The van der Waals surface area contributed by atoms with Crippen LogP contribution in [0.3, 0.4) is 0 Å². The fraction of sp³-hybridized carbons (Fsp3) is 0. The van der Waals surface area contributed by atoms with Gasteiger partial charge in [0.25, 0.3) is 5.69 Å². The Hall–Kier alpha value is -2.89. The third kappa shape index (κ3) is 4.05. The summed E-state index contributed by atoms with van der Waals surface area (Å²) in [6, 6.07) is 8.47. The molecule has 2 aromatic rings. The lowest BCUT2D eigenvalue weighted by atomic mass is 10.2. The summed E-state index contributed by atoms with van der Waals surface area (Å²) in [5.74, 6) is -3.84. The Labute approximate surface area is 125 Å². The van der Waals surface area contributed by atoms with Gasteiger partial charge in [-0.1, -0.05) is 37.4 Å². The summed E-state index contributed by atoms with van der Waals surface area (Å²) in [6.07, 6.45) is 2.59. The van der Waals surface area contributed by atoms with Crippen LogP contribution in [0, 0.1) is 27.6 Å². The lowest BCUT2D eigenvalue weighted by Gasteiger charge is -1.97. The molecule has 6 heteroatoms. The molecule has 22 heavy (non-hydrogen) atoms. The molecule has 0 radical (unpaired) electrons. The number of nitrogens with zero attached hydrogens (tertiary/aromatic N) is 1. The van der Waals surface area contributed by atoms with Crippen LogP contribution in [0.2, 0.25) is 0 Å². The second kappa shape index (κ2) is 7.78. The number of benzene rings is 2. The van der Waals surface area contributed by atoms with Crippen molar-refractivity contribution in [2.45, 2.75) is 0 Å². The van der Waals surface area contributed by atoms with Gasteiger partial charge in [-0.25, -0.2) is 13.2 Å². The van der Waals surface area contributed by atoms with Crippen LogP contribution < -0.4 is 0 Å². The molecule has 0 saturated carbocycles. The van der Waals surface area contributed by atoms with Gasteiger partial charge in [0.15, 0.2) is 17.5 Å². The molecule has 0 aliphatic carbocycles. The molecule has 0 aromatic heterocycles. The zero-order valence-electron chi connectivity index (χ0n) is 11.4. The number of halogens is 3. The molecule has 0 heterocycles. The highest BCUT2D eigenvalue weighted by Crippen LogP contribution is 2.17. The predicted molar refractivity (Wildman–Crippen MR) is 79.6 cm³/mol. The fourth-order valence-electron chi connectivity index (χ4n) is 1.52. The second-order valence-corrected chi connectivity index (χ2v) is 3.99. The van der Waals surface area contributed by atoms with E-state index in [0.717, 1.165) is 18.2 Å². The van der Waals surface area contributed by atoms with E-state index in [4.69, 9.17) is 0 Å². The van der Waals surface area contributed by atoms with Crippen LogP contribution in [0.5, 0.6) is 0 Å². The largest absolute Gasteiger partial charge is 0.276 e. The summed E-state index contributed by atoms with van der Waals surface area (Å²) in [5.41, 5.74) is 0.615. The van der Waals surface area contributed by atoms with Gasteiger partial charge >= 0.3 is 0 Å². The third-order valence-corrected chi connectivity index (χ3v) is 2.64. The smallest absolute Gasteiger partial charge is 0.258 e. The standard InChI is InChI=1S/C8H5F3.C8H7NO2/c1-2-5-3-4-6(9)8(11)7(5)10;1-2-7-5-3-4-6-8(7)9(10)11/h2-4H,1H2;2-6H,1H2. The minimum Gasteiger partial charge on any atom is -0.258 e. The molecular formula is C16H12F3NO2. The first kappa shape index (κ1) is 17.2. The third-order valence-electron chi connectivity index (χ3n) is 2.64. The molecule has 3 nitrogen and oxygen atoms in total. The van der Waals surface area contributed by atoms with Crippen molar-refractivity contribution in [2.24, 2.45) is 0 Å². The van der Waals surface area contributed by atoms with Gasteiger partial charge in [-0.05, 0) is 18.2 Å². The molecule has 0 aliphatic rings. The average Bonchev–Trinajstić information content (AvgIpc) is 2.53. The van der Waals surface area contributed by atoms with Gasteiger partial charge in [0.05, 0.1) is 10.5 Å². The number of nitro benzene ring substituents is 1. The molecule has 0 N–H and O–H groups in total. The van der Waals surface area contributed by atoms with E-state index in [1.807, 2.05) is 0 Å². The summed E-state index contributed by atoms with van der Waals surface area (Å²) in [4.78, 5) is 9.92. The maximum atomic E-state index is 12.6. The van der Waals surface area contributed by atoms with Gasteiger partial charge in [0.1, 0.15) is 0 Å². The molecule has 0 aliphatic heterocycles. The van der Waals surface area contributed by atoms with Crippen LogP contribution in [0.4, 0.5) is 18.9 Å². The topological polar surface area (TPSA) is 43.1 Å². The van der Waals surface area contributed by atoms with Gasteiger partial charge in [-0.2, -0.15) is 0 Å². The predicted octanol–water partition coefficient (Wildman–Crippen LogP) is 4.98. The normalized spacial score (nSPS) is 9.41. The SMILES string of the molecule is C=Cc1ccc(F)c(F)c1F.C=Cc1ccccc1[N+](=O)[O-]. The van der Waals surface area contributed by atoms with Crippen molar-refractivity contribution in [1.82, 2.24) is 0 Å². The Bertz CT molecular complexity index is 715. The van der Waals surface area contributed by atoms with Crippen molar-refractivity contribution < 1.29 is 18.1 Å². The van der Waals surface area contributed by atoms with Crippen LogP contribution in [0.15, 0.2) is 49.6 Å². The lowest BCUT2D eigenvalue weighted by Crippen LogP contribution is -1.92. The van der Waals surface area contributed by atoms with E-state index in [9.17, 15) is 23.3 Å². The van der Waals surface area contributed by atoms with Crippen LogP contribution >= 0.6 is 0 Å². The highest BCUT2D eigenvalue weighted by atomic mass is 19.2. The molecule has 0 spiro atoms. The van der Waals surface area contributed by atoms with Crippen molar-refractivity contribution >= 4 is 17.8 Å². The van der Waals surface area contributed by atoms with Crippen molar-refractivity contribution in [3.8, 4) is 0 Å². The quantitative estimate of drug-likeness (QED) is 0.456. The zero-order valence-corrected chi connectivity index (χ0v) is 11.4. The molecular weight excluding hydrogens is 295 g/mol. The minimum atomic E-state index is -1.46. The van der Waals surface area contributed by atoms with Crippen LogP contribution in [-0.2, 0) is 0 Å². The first-order valence-electron chi connectivity index (χ1n) is 6.04. The number of para-hydroxylation sites is 1. The van der Waals surface area contributed by atoms with Gasteiger partial charge < -0.3 is 0 Å². The van der Waals surface area contributed by atoms with E-state index < -0.39 is 22.4 Å². The van der Waals surface area contributed by atoms with E-state index >= 15 is 0 Å². The van der Waals surface area contributed by atoms with E-state index in [1.54, 1.807) is 18.2 Å². The van der Waals surface area contributed by atoms with Crippen molar-refractivity contribution in [3.05, 3.63) is 88.2 Å². The van der Waals surface area contributed by atoms with E-state index in [2.05, 4.69) is 13.2 Å². The summed E-state index contributed by atoms with van der Waals surface area (Å²) in [5, 5.41) is 10.3. The molecule has 2 rings (SSSR count). The van der Waals surface area contributed by atoms with E-state index in [1.165, 1.54) is 12.1 Å². The molecule has 114 valence electrons. The number of nitro groups is 1. The average molecular weight is 307 g/mol. The second-order valence-electron chi connectivity index (χ2n) is 3.99. The highest BCUT2D eigenvalue weighted by molar-refractivity contribution is 5.59. The monoisotopic (exact) mass is 307 g/mol. The summed E-state index contributed by atoms with van der Waals surface area (Å²) in [6.45, 7) is 6.70. The van der Waals surface area contributed by atoms with Crippen molar-refractivity contribution in [2.75, 3.05) is 0 Å². The molecule has 0 saturated heterocycles. The van der Waals surface area contributed by atoms with Gasteiger partial charge in [-0.3, -0.25) is 10.1 Å². The zero-order chi connectivity index (χ0) is 16.7. The Morgan fingerprint density at radius 3 is 2.00 bits per heavy atom. The Morgan fingerprint density at radius 1 is 0.909 bits per heavy atom. The number of hydrogen-bond acceptors (Lipinski definition) is 2. The van der Waals surface area contributed by atoms with Crippen LogP contribution in [-0.4, -0.2) is 4.92 Å². The van der Waals surface area contributed by atoms with E-state index in [-0.39, 0.29) is 11.3 Å². The molecule has 0 fully saturated rings. The Kier molecular flexibility index (Phi) is 6.07. The van der Waals surface area contributed by atoms with Crippen LogP contribution in [0.1, 0.15) is 11.1 Å². The minimum absolute atomic E-state index is 0.0381. The highest BCUT2D eigenvalue weighted by Gasteiger charge is 2.10. The summed E-state index contributed by atoms with van der Waals surface area (Å²) < 4.78 is 37.2. The van der Waals surface area contributed by atoms with Crippen molar-refractivity contribution in [1.29, 1.82) is 0 Å². The van der Waals surface area contributed by atoms with Gasteiger partial charge in [0.2, 0.25) is 0 Å². The summed E-state index contributed by atoms with van der Waals surface area (Å²) >= 11 is 0. The molecule has 0 bridgehead atoms. The lowest BCUT2D eigenvalue weighted by molar-refractivity contribution is -0.385.